The number of para-hydroxylation sites is 1. The molecule has 0 aromatic heterocycles. The minimum atomic E-state index is -1.96. The first-order valence-corrected chi connectivity index (χ1v) is 26.5. The smallest absolute Gasteiger partial charge is 0.142 e. The summed E-state index contributed by atoms with van der Waals surface area (Å²) in [5, 5.41) is 6.06. The molecule has 2 nitrogen and oxygen atoms in total. The zero-order chi connectivity index (χ0) is 35.9. The van der Waals surface area contributed by atoms with Crippen molar-refractivity contribution in [3.8, 4) is 22.6 Å². The van der Waals surface area contributed by atoms with Crippen molar-refractivity contribution in [3.05, 3.63) is 152 Å². The molecule has 3 aliphatic rings. The van der Waals surface area contributed by atoms with E-state index in [1.165, 1.54) is 62.8 Å². The highest BCUT2D eigenvalue weighted by Crippen LogP contribution is 2.52. The first kappa shape index (κ1) is 33.2. The molecule has 0 fully saturated rings. The molecule has 7 aromatic carbocycles. The van der Waals surface area contributed by atoms with E-state index in [1.807, 2.05) is 35.7 Å². The van der Waals surface area contributed by atoms with Gasteiger partial charge in [0.25, 0.3) is 0 Å². The van der Waals surface area contributed by atoms with Crippen molar-refractivity contribution in [2.45, 2.75) is 55.6 Å². The predicted octanol–water partition coefficient (Wildman–Crippen LogP) is 11.7. The Bertz CT molecular complexity index is 2490. The van der Waals surface area contributed by atoms with Crippen LogP contribution in [0.15, 0.2) is 181 Å². The summed E-state index contributed by atoms with van der Waals surface area (Å²) < 4.78 is 6.38. The van der Waals surface area contributed by atoms with Crippen molar-refractivity contribution < 1.29 is 4.74 Å². The number of hydrogen-bond donors (Lipinski definition) is 0. The number of anilines is 3. The minimum Gasteiger partial charge on any atom is -0.455 e. The molecule has 0 spiro atoms. The lowest BCUT2D eigenvalue weighted by atomic mass is 10.0. The summed E-state index contributed by atoms with van der Waals surface area (Å²) >= 11 is 5.68. The lowest BCUT2D eigenvalue weighted by molar-refractivity contribution is 0.455. The van der Waals surface area contributed by atoms with Gasteiger partial charge in [0.1, 0.15) is 27.6 Å². The Balaban J connectivity index is 1.15. The molecule has 0 bridgehead atoms. The molecule has 0 radical (unpaired) electrons. The third-order valence-electron chi connectivity index (χ3n) is 11.1. The van der Waals surface area contributed by atoms with Crippen LogP contribution in [0.1, 0.15) is 0 Å². The fraction of sp³-hybridized carbons (Fsp3) is 0.0870. The zero-order valence-electron chi connectivity index (χ0n) is 30.0. The SMILES string of the molecule is C[Si]1(C)c2ccccc2Sc2c(N(c3ccc(-c4cccc5c4Sc4ccccc4O5)cc3)c3cccc4c3Sc3ccccc3[Si]4(C)C)cccc21. The van der Waals surface area contributed by atoms with E-state index in [-0.39, 0.29) is 0 Å². The largest absolute Gasteiger partial charge is 0.455 e. The van der Waals surface area contributed by atoms with Gasteiger partial charge in [-0.15, -0.1) is 0 Å². The van der Waals surface area contributed by atoms with Crippen LogP contribution in [0.2, 0.25) is 26.2 Å². The number of ether oxygens (including phenoxy) is 1. The Morgan fingerprint density at radius 1 is 0.415 bits per heavy atom. The van der Waals surface area contributed by atoms with Crippen molar-refractivity contribution >= 4 is 89.2 Å². The summed E-state index contributed by atoms with van der Waals surface area (Å²) in [5.41, 5.74) is 6.03. The molecule has 10 rings (SSSR count). The van der Waals surface area contributed by atoms with Crippen LogP contribution < -0.4 is 30.4 Å². The molecule has 0 unspecified atom stereocenters. The Kier molecular flexibility index (Phi) is 7.90. The lowest BCUT2D eigenvalue weighted by Crippen LogP contribution is -2.56. The minimum absolute atomic E-state index is 0.914. The quantitative estimate of drug-likeness (QED) is 0.165. The number of nitrogens with zero attached hydrogens (tertiary/aromatic N) is 1. The van der Waals surface area contributed by atoms with E-state index in [9.17, 15) is 0 Å². The lowest BCUT2D eigenvalue weighted by Gasteiger charge is -2.39. The van der Waals surface area contributed by atoms with Crippen molar-refractivity contribution in [1.29, 1.82) is 0 Å². The van der Waals surface area contributed by atoms with Crippen LogP contribution in [0.4, 0.5) is 17.1 Å². The van der Waals surface area contributed by atoms with Gasteiger partial charge < -0.3 is 9.64 Å². The van der Waals surface area contributed by atoms with Crippen LogP contribution >= 0.6 is 35.3 Å². The second-order valence-corrected chi connectivity index (χ2v) is 26.7. The third-order valence-corrected chi connectivity index (χ3v) is 22.5. The van der Waals surface area contributed by atoms with Gasteiger partial charge in [-0.1, -0.05) is 159 Å². The molecule has 258 valence electrons. The van der Waals surface area contributed by atoms with Crippen LogP contribution in [-0.4, -0.2) is 16.1 Å². The summed E-state index contributed by atoms with van der Waals surface area (Å²) in [6, 6.07) is 56.2. The second-order valence-electron chi connectivity index (χ2n) is 14.9. The molecule has 53 heavy (non-hydrogen) atoms. The Morgan fingerprint density at radius 2 is 0.887 bits per heavy atom. The van der Waals surface area contributed by atoms with Gasteiger partial charge in [-0.05, 0) is 86.5 Å². The maximum Gasteiger partial charge on any atom is 0.142 e. The molecule has 0 atom stereocenters. The second kappa shape index (κ2) is 12.6. The summed E-state index contributed by atoms with van der Waals surface area (Å²) in [7, 11) is -3.92. The molecule has 0 saturated carbocycles. The number of hydrogen-bond acceptors (Lipinski definition) is 5. The molecule has 0 N–H and O–H groups in total. The standard InChI is InChI=1S/C46H37NOS3Si2/c1-52(2)40-22-9-7-20-38(40)50-45-33(15-12-24-42(45)52)47(34-16-13-25-43-46(34)51-39-21-8-10-23-41(39)53(43,3)4)31-28-26-30(27-29-31)32-14-11-18-36-44(32)49-37-19-6-5-17-35(37)48-36/h5-29H,1-4H3. The maximum absolute atomic E-state index is 6.38. The number of rotatable bonds is 4. The van der Waals surface area contributed by atoms with Crippen LogP contribution in [0.25, 0.3) is 11.1 Å². The van der Waals surface area contributed by atoms with Crippen molar-refractivity contribution in [3.63, 3.8) is 0 Å². The maximum atomic E-state index is 6.38. The van der Waals surface area contributed by atoms with Gasteiger partial charge in [0.05, 0.1) is 21.2 Å². The van der Waals surface area contributed by atoms with Gasteiger partial charge >= 0.3 is 0 Å². The molecular formula is C46H37NOS3Si2. The van der Waals surface area contributed by atoms with Gasteiger partial charge in [-0.3, -0.25) is 0 Å². The fourth-order valence-electron chi connectivity index (χ4n) is 8.23. The first-order valence-electron chi connectivity index (χ1n) is 18.1. The molecule has 3 heterocycles. The Labute approximate surface area is 326 Å². The number of benzene rings is 7. The summed E-state index contributed by atoms with van der Waals surface area (Å²) in [4.78, 5) is 10.4. The van der Waals surface area contributed by atoms with E-state index in [2.05, 4.69) is 171 Å². The van der Waals surface area contributed by atoms with E-state index in [0.29, 0.717) is 0 Å². The summed E-state index contributed by atoms with van der Waals surface area (Å²) in [6.07, 6.45) is 0. The van der Waals surface area contributed by atoms with Gasteiger partial charge in [0.15, 0.2) is 0 Å². The van der Waals surface area contributed by atoms with E-state index >= 15 is 0 Å². The molecule has 0 aliphatic carbocycles. The van der Waals surface area contributed by atoms with Gasteiger partial charge in [0, 0.05) is 25.3 Å². The van der Waals surface area contributed by atoms with Crippen LogP contribution in [-0.2, 0) is 0 Å². The van der Waals surface area contributed by atoms with Gasteiger partial charge in [0.2, 0.25) is 0 Å². The van der Waals surface area contributed by atoms with Gasteiger partial charge in [-0.25, -0.2) is 0 Å². The van der Waals surface area contributed by atoms with E-state index < -0.39 is 16.1 Å². The summed E-state index contributed by atoms with van der Waals surface area (Å²) in [6.45, 7) is 10.1. The van der Waals surface area contributed by atoms with Crippen LogP contribution in [0.3, 0.4) is 0 Å². The molecular weight excluding hydrogens is 735 g/mol. The van der Waals surface area contributed by atoms with Gasteiger partial charge in [-0.2, -0.15) is 0 Å². The first-order chi connectivity index (χ1) is 25.8. The van der Waals surface area contributed by atoms with E-state index in [0.717, 1.165) is 27.0 Å². The third kappa shape index (κ3) is 5.31. The number of fused-ring (bicyclic) bond motifs is 6. The Hall–Kier alpha value is -4.38. The molecule has 7 heteroatoms. The highest BCUT2D eigenvalue weighted by Gasteiger charge is 2.39. The Morgan fingerprint density at radius 3 is 1.49 bits per heavy atom. The molecule has 0 saturated heterocycles. The molecule has 0 amide bonds. The highest BCUT2D eigenvalue weighted by atomic mass is 32.2. The van der Waals surface area contributed by atoms with Crippen molar-refractivity contribution in [2.75, 3.05) is 4.90 Å². The monoisotopic (exact) mass is 771 g/mol. The summed E-state index contributed by atoms with van der Waals surface area (Å²) in [5.74, 6) is 1.83. The average Bonchev–Trinajstić information content (AvgIpc) is 3.18. The average molecular weight is 772 g/mol. The fourth-order valence-corrected chi connectivity index (χ4v) is 20.4. The normalized spacial score (nSPS) is 15.4. The van der Waals surface area contributed by atoms with Crippen molar-refractivity contribution in [2.24, 2.45) is 0 Å². The van der Waals surface area contributed by atoms with E-state index in [4.69, 9.17) is 4.74 Å². The van der Waals surface area contributed by atoms with Crippen molar-refractivity contribution in [1.82, 2.24) is 0 Å². The van der Waals surface area contributed by atoms with E-state index in [1.54, 1.807) is 11.8 Å². The highest BCUT2D eigenvalue weighted by molar-refractivity contribution is 8.00. The van der Waals surface area contributed by atoms with Crippen LogP contribution in [0.5, 0.6) is 11.5 Å². The molecule has 3 aliphatic heterocycles. The van der Waals surface area contributed by atoms with Crippen LogP contribution in [0, 0.1) is 0 Å². The predicted molar refractivity (Wildman–Crippen MR) is 232 cm³/mol. The molecule has 7 aromatic rings. The topological polar surface area (TPSA) is 12.5 Å². The zero-order valence-corrected chi connectivity index (χ0v) is 34.5.